The Morgan fingerprint density at radius 3 is 2.81 bits per heavy atom. The largest absolute Gasteiger partial charge is 0.350 e. The van der Waals surface area contributed by atoms with Crippen molar-refractivity contribution >= 4 is 17.5 Å². The van der Waals surface area contributed by atoms with Crippen LogP contribution in [0.25, 0.3) is 0 Å². The van der Waals surface area contributed by atoms with Gasteiger partial charge in [0.1, 0.15) is 0 Å². The van der Waals surface area contributed by atoms with Crippen LogP contribution in [0.5, 0.6) is 0 Å². The zero-order valence-corrected chi connectivity index (χ0v) is 13.7. The highest BCUT2D eigenvalue weighted by molar-refractivity contribution is 6.31. The first-order valence-electron chi connectivity index (χ1n) is 7.37. The van der Waals surface area contributed by atoms with E-state index in [1.165, 1.54) is 0 Å². The standard InChI is InChI=1S/C16H24ClN3O/c1-16(2,3)19-15(21)11-20-9-8-18-10-14(20)12-6-4-5-7-13(12)17/h4-7,14,18H,8-11H2,1-3H3,(H,19,21). The number of amides is 1. The van der Waals surface area contributed by atoms with E-state index in [2.05, 4.69) is 15.5 Å². The van der Waals surface area contributed by atoms with Crippen LogP contribution < -0.4 is 10.6 Å². The Labute approximate surface area is 131 Å². The average molecular weight is 310 g/mol. The van der Waals surface area contributed by atoms with E-state index in [0.717, 1.165) is 30.2 Å². The topological polar surface area (TPSA) is 44.4 Å². The third-order valence-electron chi connectivity index (χ3n) is 3.48. The van der Waals surface area contributed by atoms with Gasteiger partial charge in [-0.15, -0.1) is 0 Å². The summed E-state index contributed by atoms with van der Waals surface area (Å²) in [5.74, 6) is 0.0569. The predicted octanol–water partition coefficient (Wildman–Crippen LogP) is 2.20. The Hall–Kier alpha value is -1.10. The molecule has 2 N–H and O–H groups in total. The van der Waals surface area contributed by atoms with Crippen LogP contribution in [0.15, 0.2) is 24.3 Å². The van der Waals surface area contributed by atoms with Crippen LogP contribution in [0.1, 0.15) is 32.4 Å². The molecule has 1 atom stereocenters. The van der Waals surface area contributed by atoms with Gasteiger partial charge in [0, 0.05) is 36.2 Å². The van der Waals surface area contributed by atoms with Crippen LogP contribution in [0.2, 0.25) is 5.02 Å². The van der Waals surface area contributed by atoms with Crippen LogP contribution in [-0.2, 0) is 4.79 Å². The number of benzene rings is 1. The number of nitrogens with zero attached hydrogens (tertiary/aromatic N) is 1. The fourth-order valence-electron chi connectivity index (χ4n) is 2.63. The summed E-state index contributed by atoms with van der Waals surface area (Å²) >= 11 is 6.31. The molecule has 0 aromatic heterocycles. The molecule has 1 aliphatic heterocycles. The maximum Gasteiger partial charge on any atom is 0.234 e. The van der Waals surface area contributed by atoms with Gasteiger partial charge in [0.2, 0.25) is 5.91 Å². The van der Waals surface area contributed by atoms with E-state index >= 15 is 0 Å². The van der Waals surface area contributed by atoms with E-state index in [1.54, 1.807) is 0 Å². The summed E-state index contributed by atoms with van der Waals surface area (Å²) in [6, 6.07) is 7.99. The van der Waals surface area contributed by atoms with Gasteiger partial charge in [-0.1, -0.05) is 29.8 Å². The third kappa shape index (κ3) is 4.70. The molecule has 0 bridgehead atoms. The monoisotopic (exact) mass is 309 g/mol. The Morgan fingerprint density at radius 1 is 1.43 bits per heavy atom. The smallest absolute Gasteiger partial charge is 0.234 e. The summed E-state index contributed by atoms with van der Waals surface area (Å²) in [7, 11) is 0. The maximum absolute atomic E-state index is 12.2. The average Bonchev–Trinajstić information content (AvgIpc) is 2.38. The van der Waals surface area contributed by atoms with Gasteiger partial charge in [-0.25, -0.2) is 0 Å². The molecular formula is C16H24ClN3O. The van der Waals surface area contributed by atoms with E-state index in [1.807, 2.05) is 45.0 Å². The zero-order chi connectivity index (χ0) is 15.5. The SMILES string of the molecule is CC(C)(C)NC(=O)CN1CCNCC1c1ccccc1Cl. The fourth-order valence-corrected chi connectivity index (χ4v) is 2.89. The van der Waals surface area contributed by atoms with E-state index in [-0.39, 0.29) is 17.5 Å². The van der Waals surface area contributed by atoms with E-state index in [4.69, 9.17) is 11.6 Å². The summed E-state index contributed by atoms with van der Waals surface area (Å²) in [6.07, 6.45) is 0. The second-order valence-electron chi connectivity index (χ2n) is 6.51. The first-order chi connectivity index (χ1) is 9.87. The zero-order valence-electron chi connectivity index (χ0n) is 12.9. The van der Waals surface area contributed by atoms with E-state index in [0.29, 0.717) is 6.54 Å². The molecule has 0 radical (unpaired) electrons. The molecule has 5 heteroatoms. The number of hydrogen-bond donors (Lipinski definition) is 2. The Kier molecular flexibility index (Phi) is 5.25. The number of rotatable bonds is 3. The number of nitrogens with one attached hydrogen (secondary N) is 2. The first-order valence-corrected chi connectivity index (χ1v) is 7.75. The van der Waals surface area contributed by atoms with Gasteiger partial charge >= 0.3 is 0 Å². The summed E-state index contributed by atoms with van der Waals surface area (Å²) < 4.78 is 0. The molecule has 1 fully saturated rings. The number of hydrogen-bond acceptors (Lipinski definition) is 3. The second kappa shape index (κ2) is 6.77. The quantitative estimate of drug-likeness (QED) is 0.900. The third-order valence-corrected chi connectivity index (χ3v) is 3.82. The number of carbonyl (C=O) groups excluding carboxylic acids is 1. The summed E-state index contributed by atoms with van der Waals surface area (Å²) in [5.41, 5.74) is 0.875. The van der Waals surface area contributed by atoms with Gasteiger partial charge in [0.25, 0.3) is 0 Å². The summed E-state index contributed by atoms with van der Waals surface area (Å²) in [6.45, 7) is 8.93. The van der Waals surface area contributed by atoms with Gasteiger partial charge in [-0.05, 0) is 32.4 Å². The molecule has 4 nitrogen and oxygen atoms in total. The van der Waals surface area contributed by atoms with Crippen LogP contribution in [0.4, 0.5) is 0 Å². The predicted molar refractivity (Wildman–Crippen MR) is 86.5 cm³/mol. The van der Waals surface area contributed by atoms with Crippen LogP contribution >= 0.6 is 11.6 Å². The molecule has 1 aliphatic rings. The molecule has 0 aliphatic carbocycles. The van der Waals surface area contributed by atoms with Crippen molar-refractivity contribution < 1.29 is 4.79 Å². The molecule has 2 rings (SSSR count). The second-order valence-corrected chi connectivity index (χ2v) is 6.92. The molecule has 116 valence electrons. The number of halogens is 1. The molecular weight excluding hydrogens is 286 g/mol. The first kappa shape index (κ1) is 16.3. The van der Waals surface area contributed by atoms with Crippen molar-refractivity contribution in [1.82, 2.24) is 15.5 Å². The molecule has 1 saturated heterocycles. The highest BCUT2D eigenvalue weighted by atomic mass is 35.5. The Bertz CT molecular complexity index is 499. The summed E-state index contributed by atoms with van der Waals surface area (Å²) in [4.78, 5) is 14.4. The van der Waals surface area contributed by atoms with Crippen molar-refractivity contribution in [2.24, 2.45) is 0 Å². The van der Waals surface area contributed by atoms with Crippen molar-refractivity contribution in [2.75, 3.05) is 26.2 Å². The maximum atomic E-state index is 12.2. The van der Waals surface area contributed by atoms with E-state index < -0.39 is 0 Å². The summed E-state index contributed by atoms with van der Waals surface area (Å²) in [5, 5.41) is 7.16. The Morgan fingerprint density at radius 2 is 2.14 bits per heavy atom. The lowest BCUT2D eigenvalue weighted by Crippen LogP contribution is -2.52. The van der Waals surface area contributed by atoms with Crippen molar-refractivity contribution in [3.8, 4) is 0 Å². The molecule has 0 saturated carbocycles. The van der Waals surface area contributed by atoms with Gasteiger partial charge in [-0.2, -0.15) is 0 Å². The highest BCUT2D eigenvalue weighted by Crippen LogP contribution is 2.28. The van der Waals surface area contributed by atoms with Crippen molar-refractivity contribution in [3.63, 3.8) is 0 Å². The highest BCUT2D eigenvalue weighted by Gasteiger charge is 2.27. The van der Waals surface area contributed by atoms with Crippen LogP contribution in [0.3, 0.4) is 0 Å². The molecule has 1 heterocycles. The molecule has 1 aromatic carbocycles. The Balaban J connectivity index is 2.09. The van der Waals surface area contributed by atoms with Crippen LogP contribution in [0, 0.1) is 0 Å². The minimum absolute atomic E-state index is 0.0569. The number of piperazine rings is 1. The van der Waals surface area contributed by atoms with Crippen molar-refractivity contribution in [2.45, 2.75) is 32.4 Å². The molecule has 0 spiro atoms. The lowest BCUT2D eigenvalue weighted by molar-refractivity contribution is -0.124. The van der Waals surface area contributed by atoms with Gasteiger partial charge in [0.15, 0.2) is 0 Å². The van der Waals surface area contributed by atoms with Gasteiger partial charge < -0.3 is 10.6 Å². The fraction of sp³-hybridized carbons (Fsp3) is 0.562. The van der Waals surface area contributed by atoms with E-state index in [9.17, 15) is 4.79 Å². The molecule has 1 unspecified atom stereocenters. The minimum atomic E-state index is -0.203. The lowest BCUT2D eigenvalue weighted by Gasteiger charge is -2.37. The van der Waals surface area contributed by atoms with Crippen molar-refractivity contribution in [1.29, 1.82) is 0 Å². The van der Waals surface area contributed by atoms with Gasteiger partial charge in [-0.3, -0.25) is 9.69 Å². The minimum Gasteiger partial charge on any atom is -0.350 e. The number of carbonyl (C=O) groups is 1. The molecule has 1 amide bonds. The molecule has 21 heavy (non-hydrogen) atoms. The lowest BCUT2D eigenvalue weighted by atomic mass is 10.0. The normalized spacial score (nSPS) is 20.3. The van der Waals surface area contributed by atoms with Crippen LogP contribution in [-0.4, -0.2) is 42.5 Å². The molecule has 1 aromatic rings. The van der Waals surface area contributed by atoms with Gasteiger partial charge in [0.05, 0.1) is 6.54 Å². The van der Waals surface area contributed by atoms with Crippen molar-refractivity contribution in [3.05, 3.63) is 34.9 Å².